The van der Waals surface area contributed by atoms with Gasteiger partial charge >= 0.3 is 0 Å². The maximum Gasteiger partial charge on any atom is 0.119 e. The standard InChI is InChI=1S/C16H19NO2/c1-12(14-6-8-15(17)9-7-14)19-11-13-4-3-5-16(10-13)18-2/h3-10,12H,11,17H2,1-2H3. The third kappa shape index (κ3) is 3.73. The highest BCUT2D eigenvalue weighted by molar-refractivity contribution is 5.39. The van der Waals surface area contributed by atoms with Crippen molar-refractivity contribution in [1.29, 1.82) is 0 Å². The molecule has 0 amide bonds. The molecule has 2 rings (SSSR count). The van der Waals surface area contributed by atoms with E-state index in [1.807, 2.05) is 55.5 Å². The SMILES string of the molecule is COc1cccc(COC(C)c2ccc(N)cc2)c1. The second kappa shape index (κ2) is 6.25. The zero-order chi connectivity index (χ0) is 13.7. The Bertz CT molecular complexity index is 523. The van der Waals surface area contributed by atoms with E-state index in [9.17, 15) is 0 Å². The summed E-state index contributed by atoms with van der Waals surface area (Å²) in [6, 6.07) is 15.7. The lowest BCUT2D eigenvalue weighted by atomic mass is 10.1. The predicted octanol–water partition coefficient (Wildman–Crippen LogP) is 3.56. The molecule has 0 saturated carbocycles. The Morgan fingerprint density at radius 2 is 1.84 bits per heavy atom. The van der Waals surface area contributed by atoms with E-state index in [2.05, 4.69) is 0 Å². The van der Waals surface area contributed by atoms with Gasteiger partial charge in [-0.1, -0.05) is 24.3 Å². The molecule has 0 aromatic heterocycles. The van der Waals surface area contributed by atoms with Crippen LogP contribution in [-0.2, 0) is 11.3 Å². The fourth-order valence-corrected chi connectivity index (χ4v) is 1.85. The monoisotopic (exact) mass is 257 g/mol. The van der Waals surface area contributed by atoms with Crippen LogP contribution in [0.5, 0.6) is 5.75 Å². The van der Waals surface area contributed by atoms with Gasteiger partial charge in [0.05, 0.1) is 19.8 Å². The van der Waals surface area contributed by atoms with Crippen molar-refractivity contribution in [1.82, 2.24) is 0 Å². The largest absolute Gasteiger partial charge is 0.497 e. The average molecular weight is 257 g/mol. The van der Waals surface area contributed by atoms with Gasteiger partial charge in [0, 0.05) is 5.69 Å². The van der Waals surface area contributed by atoms with Crippen LogP contribution in [0.4, 0.5) is 5.69 Å². The molecule has 0 radical (unpaired) electrons. The summed E-state index contributed by atoms with van der Waals surface area (Å²) in [4.78, 5) is 0. The highest BCUT2D eigenvalue weighted by atomic mass is 16.5. The Balaban J connectivity index is 1.96. The number of ether oxygens (including phenoxy) is 2. The number of rotatable bonds is 5. The molecular weight excluding hydrogens is 238 g/mol. The van der Waals surface area contributed by atoms with E-state index in [0.29, 0.717) is 6.61 Å². The molecule has 0 saturated heterocycles. The van der Waals surface area contributed by atoms with E-state index < -0.39 is 0 Å². The molecule has 2 aromatic carbocycles. The van der Waals surface area contributed by atoms with Crippen LogP contribution in [0.15, 0.2) is 48.5 Å². The molecule has 3 nitrogen and oxygen atoms in total. The van der Waals surface area contributed by atoms with Crippen molar-refractivity contribution in [2.75, 3.05) is 12.8 Å². The molecule has 19 heavy (non-hydrogen) atoms. The molecule has 0 fully saturated rings. The van der Waals surface area contributed by atoms with Crippen molar-refractivity contribution < 1.29 is 9.47 Å². The number of methoxy groups -OCH3 is 1. The van der Waals surface area contributed by atoms with Crippen molar-refractivity contribution in [3.05, 3.63) is 59.7 Å². The van der Waals surface area contributed by atoms with E-state index in [1.54, 1.807) is 7.11 Å². The van der Waals surface area contributed by atoms with Crippen LogP contribution >= 0.6 is 0 Å². The van der Waals surface area contributed by atoms with Gasteiger partial charge in [0.1, 0.15) is 5.75 Å². The van der Waals surface area contributed by atoms with Gasteiger partial charge < -0.3 is 15.2 Å². The highest BCUT2D eigenvalue weighted by Crippen LogP contribution is 2.21. The number of benzene rings is 2. The molecule has 0 aliphatic heterocycles. The van der Waals surface area contributed by atoms with Crippen molar-refractivity contribution in [2.24, 2.45) is 0 Å². The Kier molecular flexibility index (Phi) is 4.42. The second-order valence-corrected chi connectivity index (χ2v) is 4.47. The molecular formula is C16H19NO2. The van der Waals surface area contributed by atoms with Gasteiger partial charge in [-0.3, -0.25) is 0 Å². The molecule has 0 bridgehead atoms. The smallest absolute Gasteiger partial charge is 0.119 e. The minimum absolute atomic E-state index is 0.0341. The normalized spacial score (nSPS) is 12.1. The van der Waals surface area contributed by atoms with Gasteiger partial charge in [0.2, 0.25) is 0 Å². The molecule has 0 aliphatic rings. The first-order valence-electron chi connectivity index (χ1n) is 6.29. The molecule has 1 atom stereocenters. The lowest BCUT2D eigenvalue weighted by Crippen LogP contribution is -2.01. The molecule has 2 N–H and O–H groups in total. The Morgan fingerprint density at radius 3 is 2.53 bits per heavy atom. The number of nitrogen functional groups attached to an aromatic ring is 1. The van der Waals surface area contributed by atoms with Crippen LogP contribution in [0.25, 0.3) is 0 Å². The third-order valence-electron chi connectivity index (χ3n) is 3.04. The lowest BCUT2D eigenvalue weighted by molar-refractivity contribution is 0.0525. The summed E-state index contributed by atoms with van der Waals surface area (Å²) in [7, 11) is 1.66. The van der Waals surface area contributed by atoms with E-state index in [-0.39, 0.29) is 6.10 Å². The minimum atomic E-state index is 0.0341. The quantitative estimate of drug-likeness (QED) is 0.833. The van der Waals surface area contributed by atoms with Crippen molar-refractivity contribution in [3.63, 3.8) is 0 Å². The summed E-state index contributed by atoms with van der Waals surface area (Å²) in [5.41, 5.74) is 8.66. The molecule has 0 heterocycles. The summed E-state index contributed by atoms with van der Waals surface area (Å²) in [5.74, 6) is 0.848. The second-order valence-electron chi connectivity index (χ2n) is 4.47. The third-order valence-corrected chi connectivity index (χ3v) is 3.04. The van der Waals surface area contributed by atoms with Gasteiger partial charge in [-0.2, -0.15) is 0 Å². The van der Waals surface area contributed by atoms with Crippen LogP contribution < -0.4 is 10.5 Å². The molecule has 1 unspecified atom stereocenters. The van der Waals surface area contributed by atoms with Crippen molar-refractivity contribution in [2.45, 2.75) is 19.6 Å². The lowest BCUT2D eigenvalue weighted by Gasteiger charge is -2.14. The fraction of sp³-hybridized carbons (Fsp3) is 0.250. The summed E-state index contributed by atoms with van der Waals surface area (Å²) in [6.07, 6.45) is 0.0341. The van der Waals surface area contributed by atoms with E-state index in [0.717, 1.165) is 22.6 Å². The summed E-state index contributed by atoms with van der Waals surface area (Å²) >= 11 is 0. The zero-order valence-corrected chi connectivity index (χ0v) is 11.3. The van der Waals surface area contributed by atoms with E-state index >= 15 is 0 Å². The summed E-state index contributed by atoms with van der Waals surface area (Å²) < 4.78 is 11.0. The van der Waals surface area contributed by atoms with Crippen LogP contribution in [-0.4, -0.2) is 7.11 Å². The summed E-state index contributed by atoms with van der Waals surface area (Å²) in [5, 5.41) is 0. The van der Waals surface area contributed by atoms with Crippen LogP contribution in [0.2, 0.25) is 0 Å². The van der Waals surface area contributed by atoms with Gasteiger partial charge in [0.25, 0.3) is 0 Å². The Hall–Kier alpha value is -2.00. The molecule has 3 heteroatoms. The summed E-state index contributed by atoms with van der Waals surface area (Å²) in [6.45, 7) is 2.59. The van der Waals surface area contributed by atoms with Gasteiger partial charge in [-0.25, -0.2) is 0 Å². The maximum atomic E-state index is 5.86. The van der Waals surface area contributed by atoms with Crippen LogP contribution in [0.1, 0.15) is 24.2 Å². The molecule has 2 aromatic rings. The first-order chi connectivity index (χ1) is 9.19. The van der Waals surface area contributed by atoms with Crippen molar-refractivity contribution >= 4 is 5.69 Å². The number of hydrogen-bond donors (Lipinski definition) is 1. The Morgan fingerprint density at radius 1 is 1.11 bits per heavy atom. The van der Waals surface area contributed by atoms with Gasteiger partial charge in [-0.05, 0) is 42.3 Å². The predicted molar refractivity (Wildman–Crippen MR) is 77.1 cm³/mol. The maximum absolute atomic E-state index is 5.86. The van der Waals surface area contributed by atoms with Crippen LogP contribution in [0, 0.1) is 0 Å². The topological polar surface area (TPSA) is 44.5 Å². The number of hydrogen-bond acceptors (Lipinski definition) is 3. The Labute approximate surface area is 114 Å². The number of nitrogens with two attached hydrogens (primary N) is 1. The molecule has 100 valence electrons. The molecule has 0 spiro atoms. The van der Waals surface area contributed by atoms with E-state index in [4.69, 9.17) is 15.2 Å². The first kappa shape index (κ1) is 13.4. The van der Waals surface area contributed by atoms with E-state index in [1.165, 1.54) is 0 Å². The zero-order valence-electron chi connectivity index (χ0n) is 11.3. The van der Waals surface area contributed by atoms with Gasteiger partial charge in [-0.15, -0.1) is 0 Å². The fourth-order valence-electron chi connectivity index (χ4n) is 1.85. The van der Waals surface area contributed by atoms with Gasteiger partial charge in [0.15, 0.2) is 0 Å². The van der Waals surface area contributed by atoms with Crippen LogP contribution in [0.3, 0.4) is 0 Å². The van der Waals surface area contributed by atoms with Crippen molar-refractivity contribution in [3.8, 4) is 5.75 Å². The minimum Gasteiger partial charge on any atom is -0.497 e. The first-order valence-corrected chi connectivity index (χ1v) is 6.29. The molecule has 0 aliphatic carbocycles. The highest BCUT2D eigenvalue weighted by Gasteiger charge is 2.06. The number of anilines is 1. The average Bonchev–Trinajstić information content (AvgIpc) is 2.46.